The number of ether oxygens (including phenoxy) is 2. The molecule has 0 bridgehead atoms. The van der Waals surface area contributed by atoms with Crippen LogP contribution in [0.4, 0.5) is 0 Å². The normalized spacial score (nSPS) is 24.1. The molecule has 0 spiro atoms. The van der Waals surface area contributed by atoms with Crippen LogP contribution in [-0.4, -0.2) is 134 Å². The number of morpholine rings is 1. The Morgan fingerprint density at radius 2 is 1.78 bits per heavy atom. The SMILES string of the molecule is COc1ncc(C2=C(Cl)N3C=C(CN4CCN(S(C)(=O)=O)CC4)N(C)C3C(N3CCOCC3)=N2)cn1. The Kier molecular flexibility index (Phi) is 7.10. The Balaban J connectivity index is 1.43. The lowest BCUT2D eigenvalue weighted by atomic mass is 10.2. The van der Waals surface area contributed by atoms with Crippen LogP contribution in [0.5, 0.6) is 6.01 Å². The molecule has 0 amide bonds. The summed E-state index contributed by atoms with van der Waals surface area (Å²) in [5.74, 6) is 0.893. The van der Waals surface area contributed by atoms with Crippen molar-refractivity contribution in [1.29, 1.82) is 0 Å². The van der Waals surface area contributed by atoms with E-state index in [4.69, 9.17) is 26.1 Å². The maximum absolute atomic E-state index is 11.9. The summed E-state index contributed by atoms with van der Waals surface area (Å²) in [6.45, 7) is 5.77. The molecule has 1 atom stereocenters. The average molecular weight is 539 g/mol. The number of hydrogen-bond acceptors (Lipinski definition) is 11. The van der Waals surface area contributed by atoms with Crippen molar-refractivity contribution in [2.75, 3.05) is 79.4 Å². The molecule has 5 rings (SSSR count). The smallest absolute Gasteiger partial charge is 0.316 e. The predicted octanol–water partition coefficient (Wildman–Crippen LogP) is 0.0865. The van der Waals surface area contributed by atoms with Crippen LogP contribution >= 0.6 is 11.6 Å². The van der Waals surface area contributed by atoms with Gasteiger partial charge in [-0.2, -0.15) is 4.31 Å². The highest BCUT2D eigenvalue weighted by Crippen LogP contribution is 2.38. The fraction of sp³-hybridized carbons (Fsp3) is 0.591. The quantitative estimate of drug-likeness (QED) is 0.479. The Morgan fingerprint density at radius 1 is 1.11 bits per heavy atom. The summed E-state index contributed by atoms with van der Waals surface area (Å²) in [4.78, 5) is 22.2. The largest absolute Gasteiger partial charge is 0.467 e. The molecule has 0 N–H and O–H groups in total. The fourth-order valence-corrected chi connectivity index (χ4v) is 5.94. The number of hydrogen-bond donors (Lipinski definition) is 0. The van der Waals surface area contributed by atoms with Gasteiger partial charge in [-0.25, -0.2) is 23.4 Å². The summed E-state index contributed by atoms with van der Waals surface area (Å²) in [6, 6.07) is 0.278. The van der Waals surface area contributed by atoms with Crippen LogP contribution in [-0.2, 0) is 14.8 Å². The minimum absolute atomic E-state index is 0.189. The molecule has 0 aliphatic carbocycles. The second kappa shape index (κ2) is 10.1. The molecule has 0 aromatic carbocycles. The molecule has 12 nitrogen and oxygen atoms in total. The first kappa shape index (κ1) is 25.2. The van der Waals surface area contributed by atoms with Gasteiger partial charge in [-0.3, -0.25) is 4.90 Å². The van der Waals surface area contributed by atoms with Crippen LogP contribution in [0.3, 0.4) is 0 Å². The lowest BCUT2D eigenvalue weighted by molar-refractivity contribution is 0.0628. The molecule has 2 fully saturated rings. The zero-order chi connectivity index (χ0) is 25.4. The van der Waals surface area contributed by atoms with E-state index >= 15 is 0 Å². The fourth-order valence-electron chi connectivity index (χ4n) is 4.82. The molecule has 5 heterocycles. The Hall–Kier alpha value is -2.45. The summed E-state index contributed by atoms with van der Waals surface area (Å²) < 4.78 is 36.0. The van der Waals surface area contributed by atoms with E-state index in [9.17, 15) is 8.42 Å². The number of amidine groups is 1. The third kappa shape index (κ3) is 4.90. The van der Waals surface area contributed by atoms with E-state index in [1.807, 2.05) is 11.9 Å². The zero-order valence-corrected chi connectivity index (χ0v) is 22.2. The van der Waals surface area contributed by atoms with Gasteiger partial charge in [0.15, 0.2) is 6.17 Å². The molecule has 196 valence electrons. The molecule has 2 saturated heterocycles. The highest BCUT2D eigenvalue weighted by Gasteiger charge is 2.42. The highest BCUT2D eigenvalue weighted by molar-refractivity contribution is 7.88. The molecular formula is C22H31ClN8O4S. The maximum Gasteiger partial charge on any atom is 0.316 e. The monoisotopic (exact) mass is 538 g/mol. The number of aromatic nitrogens is 2. The van der Waals surface area contributed by atoms with E-state index in [0.29, 0.717) is 62.4 Å². The van der Waals surface area contributed by atoms with Gasteiger partial charge in [0.25, 0.3) is 0 Å². The number of piperazine rings is 1. The van der Waals surface area contributed by atoms with Gasteiger partial charge in [-0.15, -0.1) is 0 Å². The topological polar surface area (TPSA) is 107 Å². The number of fused-ring (bicyclic) bond motifs is 1. The molecule has 36 heavy (non-hydrogen) atoms. The van der Waals surface area contributed by atoms with E-state index in [1.54, 1.807) is 12.4 Å². The minimum Gasteiger partial charge on any atom is -0.467 e. The summed E-state index contributed by atoms with van der Waals surface area (Å²) >= 11 is 6.95. The summed E-state index contributed by atoms with van der Waals surface area (Å²) in [7, 11) is 0.401. The third-order valence-electron chi connectivity index (χ3n) is 6.86. The van der Waals surface area contributed by atoms with Gasteiger partial charge in [0.05, 0.1) is 26.6 Å². The zero-order valence-electron chi connectivity index (χ0n) is 20.7. The van der Waals surface area contributed by atoms with Crippen LogP contribution < -0.4 is 4.74 Å². The van der Waals surface area contributed by atoms with Crippen LogP contribution in [0.1, 0.15) is 5.56 Å². The lowest BCUT2D eigenvalue weighted by Gasteiger charge is -2.41. The molecule has 1 aromatic heterocycles. The predicted molar refractivity (Wildman–Crippen MR) is 136 cm³/mol. The Morgan fingerprint density at radius 3 is 2.39 bits per heavy atom. The number of aliphatic imine (C=N–C) groups is 1. The van der Waals surface area contributed by atoms with E-state index in [-0.39, 0.29) is 12.2 Å². The van der Waals surface area contributed by atoms with Gasteiger partial charge in [0, 0.05) is 82.7 Å². The first-order valence-corrected chi connectivity index (χ1v) is 14.1. The van der Waals surface area contributed by atoms with Gasteiger partial charge >= 0.3 is 6.01 Å². The summed E-state index contributed by atoms with van der Waals surface area (Å²) in [5, 5.41) is 0.495. The third-order valence-corrected chi connectivity index (χ3v) is 8.53. The van der Waals surface area contributed by atoms with Gasteiger partial charge in [-0.1, -0.05) is 11.6 Å². The second-order valence-corrected chi connectivity index (χ2v) is 11.5. The number of likely N-dealkylation sites (N-methyl/N-ethyl adjacent to an activating group) is 1. The van der Waals surface area contributed by atoms with E-state index in [1.165, 1.54) is 17.7 Å². The lowest BCUT2D eigenvalue weighted by Crippen LogP contribution is -2.55. The number of rotatable bonds is 5. The average Bonchev–Trinajstić information content (AvgIpc) is 3.21. The van der Waals surface area contributed by atoms with Crippen LogP contribution in [0.2, 0.25) is 0 Å². The van der Waals surface area contributed by atoms with Crippen molar-refractivity contribution >= 4 is 33.2 Å². The van der Waals surface area contributed by atoms with Gasteiger partial charge in [0.1, 0.15) is 16.7 Å². The molecule has 14 heteroatoms. The van der Waals surface area contributed by atoms with Crippen molar-refractivity contribution in [2.24, 2.45) is 4.99 Å². The minimum atomic E-state index is -3.17. The van der Waals surface area contributed by atoms with Crippen molar-refractivity contribution in [3.8, 4) is 6.01 Å². The highest BCUT2D eigenvalue weighted by atomic mass is 35.5. The van der Waals surface area contributed by atoms with Crippen molar-refractivity contribution in [3.05, 3.63) is 35.0 Å². The second-order valence-electron chi connectivity index (χ2n) is 9.12. The van der Waals surface area contributed by atoms with Gasteiger partial charge in [0.2, 0.25) is 10.0 Å². The summed E-state index contributed by atoms with van der Waals surface area (Å²) in [5.41, 5.74) is 2.38. The van der Waals surface area contributed by atoms with Crippen molar-refractivity contribution in [1.82, 2.24) is 33.9 Å². The molecule has 1 unspecified atom stereocenters. The molecule has 4 aliphatic rings. The van der Waals surface area contributed by atoms with E-state index < -0.39 is 10.0 Å². The molecule has 0 saturated carbocycles. The molecule has 0 radical (unpaired) electrons. The van der Waals surface area contributed by atoms with Gasteiger partial charge in [-0.05, 0) is 0 Å². The standard InChI is InChI=1S/C22H31ClN8O4S/c1-27-17(14-28-4-6-30(7-5-28)36(3,32)33)15-31-19(23)18(16-12-24-22(34-2)25-13-16)26-20(21(27)31)29-8-10-35-11-9-29/h12-13,15,21H,4-11,14H2,1-3H3. The number of sulfonamides is 1. The number of methoxy groups -OCH3 is 1. The van der Waals surface area contributed by atoms with Gasteiger partial charge < -0.3 is 24.2 Å². The van der Waals surface area contributed by atoms with E-state index in [2.05, 4.69) is 30.9 Å². The maximum atomic E-state index is 11.9. The number of halogens is 1. The van der Waals surface area contributed by atoms with Crippen LogP contribution in [0.15, 0.2) is 34.4 Å². The van der Waals surface area contributed by atoms with Crippen molar-refractivity contribution < 1.29 is 17.9 Å². The van der Waals surface area contributed by atoms with Crippen LogP contribution in [0, 0.1) is 0 Å². The molecule has 1 aromatic rings. The van der Waals surface area contributed by atoms with E-state index in [0.717, 1.165) is 24.6 Å². The number of nitrogens with zero attached hydrogens (tertiary/aromatic N) is 8. The Labute approximate surface area is 216 Å². The Bertz CT molecular complexity index is 1170. The first-order valence-electron chi connectivity index (χ1n) is 11.8. The molecule has 4 aliphatic heterocycles. The van der Waals surface area contributed by atoms with Crippen molar-refractivity contribution in [3.63, 3.8) is 0 Å². The van der Waals surface area contributed by atoms with Crippen molar-refractivity contribution in [2.45, 2.75) is 6.17 Å². The first-order chi connectivity index (χ1) is 17.3. The summed E-state index contributed by atoms with van der Waals surface area (Å²) in [6.07, 6.45) is 6.47. The van der Waals surface area contributed by atoms with Crippen LogP contribution in [0.25, 0.3) is 5.70 Å². The molecular weight excluding hydrogens is 508 g/mol.